The van der Waals surface area contributed by atoms with Gasteiger partial charge in [0.15, 0.2) is 0 Å². The molecule has 2 N–H and O–H groups in total. The molecule has 24 heavy (non-hydrogen) atoms. The van der Waals surface area contributed by atoms with Gasteiger partial charge in [0.05, 0.1) is 6.10 Å². The highest BCUT2D eigenvalue weighted by Crippen LogP contribution is 2.19. The van der Waals surface area contributed by atoms with Gasteiger partial charge >= 0.3 is 6.03 Å². The number of carbonyl (C=O) groups is 1. The third-order valence-corrected chi connectivity index (χ3v) is 4.36. The van der Waals surface area contributed by atoms with Crippen molar-refractivity contribution >= 4 is 6.03 Å². The number of ether oxygens (including phenoxy) is 1. The fourth-order valence-corrected chi connectivity index (χ4v) is 2.89. The number of urea groups is 1. The maximum Gasteiger partial charge on any atom is 0.317 e. The highest BCUT2D eigenvalue weighted by atomic mass is 16.5. The lowest BCUT2D eigenvalue weighted by molar-refractivity contribution is 0.0740. The zero-order chi connectivity index (χ0) is 17.4. The Morgan fingerprint density at radius 1 is 1.50 bits per heavy atom. The van der Waals surface area contributed by atoms with E-state index in [2.05, 4.69) is 11.2 Å². The normalized spacial score (nSPS) is 18.5. The Bertz CT molecular complexity index is 563. The van der Waals surface area contributed by atoms with E-state index in [1.54, 1.807) is 11.8 Å². The molecule has 1 saturated heterocycles. The van der Waals surface area contributed by atoms with E-state index in [0.717, 1.165) is 37.1 Å². The number of carbonyl (C=O) groups excluding carboxylic acids is 1. The molecular formula is C19H26N2O3. The first-order chi connectivity index (χ1) is 11.6. The number of benzene rings is 1. The number of amides is 2. The fraction of sp³-hybridized carbons (Fsp3) is 0.526. The minimum Gasteiger partial charge on any atom is -0.481 e. The minimum atomic E-state index is -0.365. The van der Waals surface area contributed by atoms with Gasteiger partial charge in [0.1, 0.15) is 12.4 Å². The van der Waals surface area contributed by atoms with Crippen LogP contribution in [0.15, 0.2) is 24.3 Å². The predicted molar refractivity (Wildman–Crippen MR) is 93.9 cm³/mol. The van der Waals surface area contributed by atoms with Gasteiger partial charge in [0.2, 0.25) is 0 Å². The first kappa shape index (κ1) is 18.2. The zero-order valence-electron chi connectivity index (χ0n) is 14.2. The number of aliphatic hydroxyl groups is 1. The maximum atomic E-state index is 12.2. The lowest BCUT2D eigenvalue weighted by atomic mass is 9.94. The molecule has 1 fully saturated rings. The van der Waals surface area contributed by atoms with Crippen LogP contribution in [0.3, 0.4) is 0 Å². The molecule has 5 nitrogen and oxygen atoms in total. The van der Waals surface area contributed by atoms with Crippen LogP contribution in [-0.4, -0.2) is 48.4 Å². The number of nitrogens with zero attached hydrogens (tertiary/aromatic N) is 1. The van der Waals surface area contributed by atoms with Crippen LogP contribution in [-0.2, 0) is 6.42 Å². The highest BCUT2D eigenvalue weighted by Gasteiger charge is 2.26. The quantitative estimate of drug-likeness (QED) is 0.785. The standard InChI is InChI=1S/C19H26N2O3/c1-3-13-24-18-8-6-16(7-9-18)10-11-20-19(23)21-12-4-5-17(14-21)15(2)22/h1,6-9,15,17,22H,4-5,10-14H2,2H3,(H,20,23)/t15-,17-/m1/s1. The van der Waals surface area contributed by atoms with Gasteiger partial charge in [-0.05, 0) is 43.9 Å². The molecule has 2 amide bonds. The summed E-state index contributed by atoms with van der Waals surface area (Å²) in [5.74, 6) is 3.36. The Morgan fingerprint density at radius 2 is 2.25 bits per heavy atom. The van der Waals surface area contributed by atoms with Gasteiger partial charge in [-0.25, -0.2) is 4.79 Å². The third-order valence-electron chi connectivity index (χ3n) is 4.36. The third kappa shape index (κ3) is 5.47. The molecule has 1 heterocycles. The molecule has 0 spiro atoms. The molecule has 2 rings (SSSR count). The summed E-state index contributed by atoms with van der Waals surface area (Å²) in [6, 6.07) is 7.66. The van der Waals surface area contributed by atoms with E-state index in [1.165, 1.54) is 0 Å². The average molecular weight is 330 g/mol. The number of rotatable bonds is 6. The molecular weight excluding hydrogens is 304 g/mol. The van der Waals surface area contributed by atoms with Crippen LogP contribution in [0.5, 0.6) is 5.75 Å². The summed E-state index contributed by atoms with van der Waals surface area (Å²) in [5.41, 5.74) is 1.13. The lowest BCUT2D eigenvalue weighted by Crippen LogP contribution is -2.47. The van der Waals surface area contributed by atoms with E-state index in [4.69, 9.17) is 11.2 Å². The van der Waals surface area contributed by atoms with Gasteiger partial charge in [-0.15, -0.1) is 6.42 Å². The van der Waals surface area contributed by atoms with Gasteiger partial charge in [-0.1, -0.05) is 18.1 Å². The molecule has 1 aliphatic heterocycles. The second-order valence-electron chi connectivity index (χ2n) is 6.21. The van der Waals surface area contributed by atoms with Gasteiger partial charge in [-0.3, -0.25) is 0 Å². The molecule has 2 atom stereocenters. The van der Waals surface area contributed by atoms with Crippen molar-refractivity contribution in [1.82, 2.24) is 10.2 Å². The molecule has 5 heteroatoms. The molecule has 0 unspecified atom stereocenters. The number of hydrogen-bond acceptors (Lipinski definition) is 3. The average Bonchev–Trinajstić information content (AvgIpc) is 2.61. The highest BCUT2D eigenvalue weighted by molar-refractivity contribution is 5.74. The smallest absolute Gasteiger partial charge is 0.317 e. The van der Waals surface area contributed by atoms with Crippen LogP contribution in [0.25, 0.3) is 0 Å². The first-order valence-electron chi connectivity index (χ1n) is 8.46. The van der Waals surface area contributed by atoms with Crippen LogP contribution in [0.4, 0.5) is 4.79 Å². The van der Waals surface area contributed by atoms with Crippen molar-refractivity contribution in [1.29, 1.82) is 0 Å². The fourth-order valence-electron chi connectivity index (χ4n) is 2.89. The summed E-state index contributed by atoms with van der Waals surface area (Å²) in [4.78, 5) is 14.0. The summed E-state index contributed by atoms with van der Waals surface area (Å²) >= 11 is 0. The summed E-state index contributed by atoms with van der Waals surface area (Å²) in [7, 11) is 0. The maximum absolute atomic E-state index is 12.2. The van der Waals surface area contributed by atoms with Crippen LogP contribution >= 0.6 is 0 Å². The van der Waals surface area contributed by atoms with E-state index < -0.39 is 0 Å². The Balaban J connectivity index is 1.73. The molecule has 0 radical (unpaired) electrons. The van der Waals surface area contributed by atoms with Crippen molar-refractivity contribution < 1.29 is 14.6 Å². The number of likely N-dealkylation sites (tertiary alicyclic amines) is 1. The molecule has 1 aromatic rings. The van der Waals surface area contributed by atoms with Crippen LogP contribution in [0.1, 0.15) is 25.3 Å². The van der Waals surface area contributed by atoms with Gasteiger partial charge in [0, 0.05) is 25.6 Å². The molecule has 1 aliphatic rings. The largest absolute Gasteiger partial charge is 0.481 e. The number of terminal acetylenes is 1. The van der Waals surface area contributed by atoms with E-state index in [9.17, 15) is 9.90 Å². The Morgan fingerprint density at radius 3 is 2.92 bits per heavy atom. The van der Waals surface area contributed by atoms with Crippen molar-refractivity contribution in [2.45, 2.75) is 32.3 Å². The van der Waals surface area contributed by atoms with Crippen molar-refractivity contribution in [3.8, 4) is 18.1 Å². The second kappa shape index (κ2) is 9.19. The Kier molecular flexibility index (Phi) is 6.95. The summed E-state index contributed by atoms with van der Waals surface area (Å²) < 4.78 is 5.33. The van der Waals surface area contributed by atoms with Crippen LogP contribution < -0.4 is 10.1 Å². The van der Waals surface area contributed by atoms with Crippen LogP contribution in [0, 0.1) is 18.3 Å². The molecule has 0 bridgehead atoms. The number of piperidine rings is 1. The SMILES string of the molecule is C#CCOc1ccc(CCNC(=O)N2CCC[C@@H]([C@@H](C)O)C2)cc1. The first-order valence-corrected chi connectivity index (χ1v) is 8.46. The Hall–Kier alpha value is -2.19. The predicted octanol–water partition coefficient (Wildman–Crippen LogP) is 2.04. The zero-order valence-corrected chi connectivity index (χ0v) is 14.2. The van der Waals surface area contributed by atoms with Crippen molar-refractivity contribution in [3.63, 3.8) is 0 Å². The van der Waals surface area contributed by atoms with Gasteiger partial charge in [0.25, 0.3) is 0 Å². The van der Waals surface area contributed by atoms with Gasteiger partial charge < -0.3 is 20.1 Å². The lowest BCUT2D eigenvalue weighted by Gasteiger charge is -2.34. The summed E-state index contributed by atoms with van der Waals surface area (Å²) in [6.45, 7) is 4.03. The van der Waals surface area contributed by atoms with E-state index in [0.29, 0.717) is 13.1 Å². The topological polar surface area (TPSA) is 61.8 Å². The molecule has 0 aliphatic carbocycles. The Labute approximate surface area is 144 Å². The van der Waals surface area contributed by atoms with Crippen molar-refractivity contribution in [2.75, 3.05) is 26.2 Å². The molecule has 0 saturated carbocycles. The summed E-state index contributed by atoms with van der Waals surface area (Å²) in [6.07, 6.45) is 7.48. The van der Waals surface area contributed by atoms with E-state index >= 15 is 0 Å². The second-order valence-corrected chi connectivity index (χ2v) is 6.21. The number of nitrogens with one attached hydrogen (secondary N) is 1. The van der Waals surface area contributed by atoms with E-state index in [-0.39, 0.29) is 24.7 Å². The van der Waals surface area contributed by atoms with E-state index in [1.807, 2.05) is 24.3 Å². The molecule has 130 valence electrons. The van der Waals surface area contributed by atoms with Crippen molar-refractivity contribution in [3.05, 3.63) is 29.8 Å². The van der Waals surface area contributed by atoms with Gasteiger partial charge in [-0.2, -0.15) is 0 Å². The molecule has 1 aromatic carbocycles. The van der Waals surface area contributed by atoms with Crippen LogP contribution in [0.2, 0.25) is 0 Å². The molecule has 0 aromatic heterocycles. The minimum absolute atomic E-state index is 0.0469. The van der Waals surface area contributed by atoms with Crippen molar-refractivity contribution in [2.24, 2.45) is 5.92 Å². The monoisotopic (exact) mass is 330 g/mol. The number of aliphatic hydroxyl groups excluding tert-OH is 1. The number of hydrogen-bond donors (Lipinski definition) is 2. The summed E-state index contributed by atoms with van der Waals surface area (Å²) in [5, 5.41) is 12.7.